The van der Waals surface area contributed by atoms with E-state index >= 15 is 0 Å². The SMILES string of the molecule is COc1ccc2c(c1OC)C(=O)OC2CC(=O)Nc1cccnc1. The number of aromatic nitrogens is 1. The molecular formula is C17H16N2O5. The quantitative estimate of drug-likeness (QED) is 0.848. The van der Waals surface area contributed by atoms with Crippen molar-refractivity contribution in [1.82, 2.24) is 4.98 Å². The van der Waals surface area contributed by atoms with E-state index in [1.807, 2.05) is 0 Å². The van der Waals surface area contributed by atoms with Gasteiger partial charge in [0.2, 0.25) is 5.91 Å². The third kappa shape index (κ3) is 2.88. The fraction of sp³-hybridized carbons (Fsp3) is 0.235. The summed E-state index contributed by atoms with van der Waals surface area (Å²) in [6, 6.07) is 6.85. The van der Waals surface area contributed by atoms with Gasteiger partial charge >= 0.3 is 5.97 Å². The first-order chi connectivity index (χ1) is 11.6. The standard InChI is InChI=1S/C17H16N2O5/c1-22-12-6-5-11-13(24-17(21)15(11)16(12)23-2)8-14(20)19-10-4-3-7-18-9-10/h3-7,9,13H,8H2,1-2H3,(H,19,20). The van der Waals surface area contributed by atoms with E-state index in [9.17, 15) is 9.59 Å². The van der Waals surface area contributed by atoms with Gasteiger partial charge in [0.05, 0.1) is 32.5 Å². The molecule has 1 atom stereocenters. The van der Waals surface area contributed by atoms with Gasteiger partial charge < -0.3 is 19.5 Å². The summed E-state index contributed by atoms with van der Waals surface area (Å²) in [6.07, 6.45) is 2.50. The largest absolute Gasteiger partial charge is 0.493 e. The minimum Gasteiger partial charge on any atom is -0.493 e. The number of nitrogens with one attached hydrogen (secondary N) is 1. The Morgan fingerprint density at radius 1 is 1.29 bits per heavy atom. The number of rotatable bonds is 5. The second kappa shape index (κ2) is 6.57. The average molecular weight is 328 g/mol. The molecule has 24 heavy (non-hydrogen) atoms. The minimum absolute atomic E-state index is 0.00309. The Hall–Kier alpha value is -3.09. The third-order valence-corrected chi connectivity index (χ3v) is 3.69. The number of ether oxygens (including phenoxy) is 3. The first-order valence-electron chi connectivity index (χ1n) is 7.29. The molecule has 0 aliphatic carbocycles. The van der Waals surface area contributed by atoms with Crippen LogP contribution in [-0.4, -0.2) is 31.1 Å². The van der Waals surface area contributed by atoms with Crippen LogP contribution in [0.25, 0.3) is 0 Å². The van der Waals surface area contributed by atoms with Gasteiger partial charge in [0, 0.05) is 11.8 Å². The highest BCUT2D eigenvalue weighted by atomic mass is 16.6. The molecule has 1 amide bonds. The number of fused-ring (bicyclic) bond motifs is 1. The third-order valence-electron chi connectivity index (χ3n) is 3.69. The van der Waals surface area contributed by atoms with E-state index in [1.54, 1.807) is 36.7 Å². The number of esters is 1. The summed E-state index contributed by atoms with van der Waals surface area (Å²) in [5, 5.41) is 2.72. The second-order valence-corrected chi connectivity index (χ2v) is 5.15. The number of hydrogen-bond acceptors (Lipinski definition) is 6. The number of nitrogens with zero attached hydrogens (tertiary/aromatic N) is 1. The van der Waals surface area contributed by atoms with Crippen LogP contribution in [0.2, 0.25) is 0 Å². The van der Waals surface area contributed by atoms with Crippen LogP contribution in [0.3, 0.4) is 0 Å². The number of carbonyl (C=O) groups excluding carboxylic acids is 2. The van der Waals surface area contributed by atoms with Crippen molar-refractivity contribution in [2.45, 2.75) is 12.5 Å². The van der Waals surface area contributed by atoms with Crippen molar-refractivity contribution in [2.75, 3.05) is 19.5 Å². The Bertz CT molecular complexity index is 776. The van der Waals surface area contributed by atoms with E-state index in [1.165, 1.54) is 14.2 Å². The maximum atomic E-state index is 12.2. The first-order valence-corrected chi connectivity index (χ1v) is 7.29. The normalized spacial score (nSPS) is 15.4. The smallest absolute Gasteiger partial charge is 0.343 e. The Labute approximate surface area is 138 Å². The molecule has 0 spiro atoms. The van der Waals surface area contributed by atoms with Gasteiger partial charge in [-0.05, 0) is 18.2 Å². The van der Waals surface area contributed by atoms with Gasteiger partial charge in [0.25, 0.3) is 0 Å². The summed E-state index contributed by atoms with van der Waals surface area (Å²) < 4.78 is 15.8. The molecule has 0 radical (unpaired) electrons. The number of carbonyl (C=O) groups is 2. The number of pyridine rings is 1. The van der Waals surface area contributed by atoms with Crippen molar-refractivity contribution >= 4 is 17.6 Å². The Balaban J connectivity index is 1.81. The van der Waals surface area contributed by atoms with Crippen LogP contribution in [0, 0.1) is 0 Å². The topological polar surface area (TPSA) is 86.8 Å². The van der Waals surface area contributed by atoms with Crippen molar-refractivity contribution in [3.63, 3.8) is 0 Å². The predicted octanol–water partition coefficient (Wildman–Crippen LogP) is 2.34. The van der Waals surface area contributed by atoms with Crippen LogP contribution in [0.5, 0.6) is 11.5 Å². The summed E-state index contributed by atoms with van der Waals surface area (Å²) >= 11 is 0. The Morgan fingerprint density at radius 2 is 2.12 bits per heavy atom. The summed E-state index contributed by atoms with van der Waals surface area (Å²) in [7, 11) is 2.94. The maximum Gasteiger partial charge on any atom is 0.343 e. The van der Waals surface area contributed by atoms with Crippen LogP contribution in [0.4, 0.5) is 5.69 Å². The average Bonchev–Trinajstić information content (AvgIpc) is 2.90. The lowest BCUT2D eigenvalue weighted by Gasteiger charge is -2.12. The van der Waals surface area contributed by atoms with Crippen LogP contribution >= 0.6 is 0 Å². The molecule has 1 aliphatic heterocycles. The van der Waals surface area contributed by atoms with Crippen molar-refractivity contribution in [3.05, 3.63) is 47.8 Å². The van der Waals surface area contributed by atoms with Crippen LogP contribution in [0.1, 0.15) is 28.4 Å². The highest BCUT2D eigenvalue weighted by molar-refractivity contribution is 5.99. The molecule has 1 aromatic carbocycles. The molecule has 1 N–H and O–H groups in total. The zero-order valence-electron chi connectivity index (χ0n) is 13.2. The van der Waals surface area contributed by atoms with Gasteiger partial charge in [-0.15, -0.1) is 0 Å². The van der Waals surface area contributed by atoms with Gasteiger partial charge in [-0.25, -0.2) is 4.79 Å². The van der Waals surface area contributed by atoms with E-state index in [0.29, 0.717) is 28.3 Å². The Kier molecular flexibility index (Phi) is 4.33. The molecule has 2 aromatic rings. The Morgan fingerprint density at radius 3 is 2.79 bits per heavy atom. The number of cyclic esters (lactones) is 1. The van der Waals surface area contributed by atoms with Crippen LogP contribution in [-0.2, 0) is 9.53 Å². The van der Waals surface area contributed by atoms with Gasteiger partial charge in [-0.2, -0.15) is 0 Å². The van der Waals surface area contributed by atoms with E-state index in [-0.39, 0.29) is 12.3 Å². The molecule has 124 valence electrons. The van der Waals surface area contributed by atoms with E-state index < -0.39 is 12.1 Å². The summed E-state index contributed by atoms with van der Waals surface area (Å²) in [4.78, 5) is 28.3. The molecule has 0 fully saturated rings. The summed E-state index contributed by atoms with van der Waals surface area (Å²) in [5.74, 6) is -0.0489. The molecule has 1 aliphatic rings. The fourth-order valence-corrected chi connectivity index (χ4v) is 2.64. The number of hydrogen-bond donors (Lipinski definition) is 1. The summed E-state index contributed by atoms with van der Waals surface area (Å²) in [5.41, 5.74) is 1.49. The van der Waals surface area contributed by atoms with Gasteiger partial charge in [-0.3, -0.25) is 9.78 Å². The van der Waals surface area contributed by atoms with E-state index in [4.69, 9.17) is 14.2 Å². The number of benzene rings is 1. The van der Waals surface area contributed by atoms with Gasteiger partial charge in [0.15, 0.2) is 11.5 Å². The number of methoxy groups -OCH3 is 2. The zero-order valence-corrected chi connectivity index (χ0v) is 13.2. The molecule has 7 nitrogen and oxygen atoms in total. The molecule has 2 heterocycles. The highest BCUT2D eigenvalue weighted by Gasteiger charge is 2.36. The van der Waals surface area contributed by atoms with E-state index in [2.05, 4.69) is 10.3 Å². The molecule has 0 bridgehead atoms. The number of anilines is 1. The van der Waals surface area contributed by atoms with Crippen molar-refractivity contribution < 1.29 is 23.8 Å². The van der Waals surface area contributed by atoms with Crippen LogP contribution in [0.15, 0.2) is 36.7 Å². The molecule has 7 heteroatoms. The van der Waals surface area contributed by atoms with Gasteiger partial charge in [-0.1, -0.05) is 6.07 Å². The molecule has 3 rings (SSSR count). The van der Waals surface area contributed by atoms with Crippen LogP contribution < -0.4 is 14.8 Å². The minimum atomic E-state index is -0.663. The molecule has 0 saturated carbocycles. The second-order valence-electron chi connectivity index (χ2n) is 5.15. The van der Waals surface area contributed by atoms with Gasteiger partial charge in [0.1, 0.15) is 11.7 Å². The monoisotopic (exact) mass is 328 g/mol. The summed E-state index contributed by atoms with van der Waals surface area (Å²) in [6.45, 7) is 0. The lowest BCUT2D eigenvalue weighted by Crippen LogP contribution is -2.15. The first kappa shape index (κ1) is 15.8. The zero-order chi connectivity index (χ0) is 17.1. The van der Waals surface area contributed by atoms with Crippen molar-refractivity contribution in [1.29, 1.82) is 0 Å². The highest BCUT2D eigenvalue weighted by Crippen LogP contribution is 2.42. The molecule has 0 saturated heterocycles. The van der Waals surface area contributed by atoms with Crippen molar-refractivity contribution in [3.8, 4) is 11.5 Å². The molecule has 1 aromatic heterocycles. The number of amides is 1. The lowest BCUT2D eigenvalue weighted by molar-refractivity contribution is -0.118. The molecule has 1 unspecified atom stereocenters. The fourth-order valence-electron chi connectivity index (χ4n) is 2.64. The predicted molar refractivity (Wildman–Crippen MR) is 85.2 cm³/mol. The molecular weight excluding hydrogens is 312 g/mol. The lowest BCUT2D eigenvalue weighted by atomic mass is 10.0. The van der Waals surface area contributed by atoms with E-state index in [0.717, 1.165) is 0 Å². The van der Waals surface area contributed by atoms with Crippen molar-refractivity contribution in [2.24, 2.45) is 0 Å². The maximum absolute atomic E-state index is 12.2.